The molecule has 1 heterocycles. The second-order valence-electron chi connectivity index (χ2n) is 11.6. The van der Waals surface area contributed by atoms with Crippen molar-refractivity contribution < 1.29 is 14.3 Å². The number of ether oxygens (including phenoxy) is 1. The van der Waals surface area contributed by atoms with Crippen LogP contribution in [-0.4, -0.2) is 54.2 Å². The zero-order chi connectivity index (χ0) is 24.5. The Labute approximate surface area is 211 Å². The molecule has 0 aromatic carbocycles. The van der Waals surface area contributed by atoms with Crippen molar-refractivity contribution >= 4 is 29.1 Å². The summed E-state index contributed by atoms with van der Waals surface area (Å²) in [5.41, 5.74) is 0.248. The second-order valence-corrected chi connectivity index (χ2v) is 12.0. The lowest BCUT2D eigenvalue weighted by atomic mass is 9.47. The van der Waals surface area contributed by atoms with Crippen molar-refractivity contribution in [1.29, 1.82) is 0 Å². The molecule has 0 aromatic rings. The number of hydrogen-bond donors (Lipinski definition) is 2. The molecule has 0 radical (unpaired) electrons. The Kier molecular flexibility index (Phi) is 7.93. The van der Waals surface area contributed by atoms with Crippen LogP contribution in [0.3, 0.4) is 0 Å². The van der Waals surface area contributed by atoms with Gasteiger partial charge >= 0.3 is 0 Å². The van der Waals surface area contributed by atoms with E-state index in [9.17, 15) is 9.59 Å². The molecule has 6 nitrogen and oxygen atoms in total. The van der Waals surface area contributed by atoms with Crippen LogP contribution in [0.1, 0.15) is 85.5 Å². The van der Waals surface area contributed by atoms with E-state index in [-0.39, 0.29) is 28.6 Å². The minimum atomic E-state index is 0.0405. The molecule has 4 rings (SSSR count). The first-order valence-electron chi connectivity index (χ1n) is 13.7. The number of nitrogens with zero attached hydrogens (tertiary/aromatic N) is 1. The van der Waals surface area contributed by atoms with Crippen LogP contribution in [0, 0.1) is 34.5 Å². The van der Waals surface area contributed by atoms with Gasteiger partial charge in [-0.25, -0.2) is 0 Å². The van der Waals surface area contributed by atoms with E-state index >= 15 is 0 Å². The minimum absolute atomic E-state index is 0.0405. The lowest BCUT2D eigenvalue weighted by molar-refractivity contribution is -0.145. The molecule has 1 saturated heterocycles. The van der Waals surface area contributed by atoms with Gasteiger partial charge in [-0.1, -0.05) is 13.8 Å². The third-order valence-corrected chi connectivity index (χ3v) is 10.5. The van der Waals surface area contributed by atoms with Gasteiger partial charge in [-0.2, -0.15) is 0 Å². The van der Waals surface area contributed by atoms with Crippen molar-refractivity contribution in [1.82, 2.24) is 15.5 Å². The van der Waals surface area contributed by atoms with Crippen LogP contribution in [-0.2, 0) is 14.3 Å². The third kappa shape index (κ3) is 4.52. The summed E-state index contributed by atoms with van der Waals surface area (Å²) in [5, 5.41) is 7.11. The zero-order valence-electron chi connectivity index (χ0n) is 21.7. The topological polar surface area (TPSA) is 70.7 Å². The fraction of sp³-hybridized carbons (Fsp3) is 0.889. The van der Waals surface area contributed by atoms with Gasteiger partial charge in [0, 0.05) is 44.7 Å². The van der Waals surface area contributed by atoms with Crippen molar-refractivity contribution in [3.63, 3.8) is 0 Å². The number of carbonyl (C=O) groups excluding carboxylic acids is 2. The highest BCUT2D eigenvalue weighted by Gasteiger charge is 2.61. The first-order valence-corrected chi connectivity index (χ1v) is 14.1. The van der Waals surface area contributed by atoms with E-state index in [2.05, 4.69) is 24.5 Å². The monoisotopic (exact) mass is 491 g/mol. The number of hydrogen-bond acceptors (Lipinski definition) is 4. The fourth-order valence-electron chi connectivity index (χ4n) is 8.32. The van der Waals surface area contributed by atoms with Crippen LogP contribution in [0.4, 0.5) is 0 Å². The molecule has 3 saturated carbocycles. The number of carbonyl (C=O) groups is 2. The van der Waals surface area contributed by atoms with E-state index in [4.69, 9.17) is 17.0 Å². The first-order chi connectivity index (χ1) is 16.3. The predicted molar refractivity (Wildman–Crippen MR) is 138 cm³/mol. The van der Waals surface area contributed by atoms with Crippen LogP contribution in [0.2, 0.25) is 0 Å². The molecule has 2 N–H and O–H groups in total. The molecule has 192 valence electrons. The van der Waals surface area contributed by atoms with E-state index in [1.807, 2.05) is 18.7 Å². The number of thiocarbonyl (C=S) groups is 1. The molecule has 3 aliphatic carbocycles. The van der Waals surface area contributed by atoms with Crippen LogP contribution in [0.25, 0.3) is 0 Å². The lowest BCUT2D eigenvalue weighted by Crippen LogP contribution is -2.61. The highest BCUT2D eigenvalue weighted by atomic mass is 32.1. The van der Waals surface area contributed by atoms with Crippen molar-refractivity contribution in [3.05, 3.63) is 0 Å². The van der Waals surface area contributed by atoms with Gasteiger partial charge < -0.3 is 15.4 Å². The van der Waals surface area contributed by atoms with Crippen molar-refractivity contribution in [2.24, 2.45) is 34.5 Å². The molecular formula is C27H45N3O3S. The fourth-order valence-corrected chi connectivity index (χ4v) is 8.65. The Bertz CT molecular complexity index is 791. The van der Waals surface area contributed by atoms with Crippen LogP contribution < -0.4 is 10.6 Å². The van der Waals surface area contributed by atoms with Crippen molar-refractivity contribution in [3.8, 4) is 0 Å². The van der Waals surface area contributed by atoms with Gasteiger partial charge in [0.05, 0.1) is 0 Å². The molecule has 7 atom stereocenters. The Morgan fingerprint density at radius 2 is 1.88 bits per heavy atom. The lowest BCUT2D eigenvalue weighted by Gasteiger charge is -2.60. The molecular weight excluding hydrogens is 446 g/mol. The minimum Gasteiger partial charge on any atom is -0.382 e. The SMILES string of the molecule is CCNC(=S)N(CCCOCC)C(=O)[C@H]1CC[C@H]2[C@@H]3CC[C@H]4NC(=O)CC[C@]4(C)[C@H]3CC[C@]12C. The molecule has 2 amide bonds. The van der Waals surface area contributed by atoms with Gasteiger partial charge in [0.15, 0.2) is 5.11 Å². The largest absolute Gasteiger partial charge is 0.382 e. The van der Waals surface area contributed by atoms with E-state index in [0.29, 0.717) is 55.1 Å². The summed E-state index contributed by atoms with van der Waals surface area (Å²) < 4.78 is 5.53. The van der Waals surface area contributed by atoms with Gasteiger partial charge in [0.1, 0.15) is 0 Å². The summed E-state index contributed by atoms with van der Waals surface area (Å²) in [6, 6.07) is 0.330. The van der Waals surface area contributed by atoms with Crippen molar-refractivity contribution in [2.45, 2.75) is 91.5 Å². The number of nitrogens with one attached hydrogen (secondary N) is 2. The molecule has 1 aliphatic heterocycles. The smallest absolute Gasteiger partial charge is 0.232 e. The normalized spacial score (nSPS) is 38.8. The summed E-state index contributed by atoms with van der Waals surface area (Å²) in [4.78, 5) is 27.9. The maximum Gasteiger partial charge on any atom is 0.232 e. The Morgan fingerprint density at radius 3 is 2.62 bits per heavy atom. The highest BCUT2D eigenvalue weighted by Crippen LogP contribution is 2.65. The molecule has 4 fully saturated rings. The summed E-state index contributed by atoms with van der Waals surface area (Å²) in [6.07, 6.45) is 9.13. The van der Waals surface area contributed by atoms with Gasteiger partial charge in [-0.05, 0) is 106 Å². The Morgan fingerprint density at radius 1 is 1.12 bits per heavy atom. The van der Waals surface area contributed by atoms with E-state index in [1.54, 1.807) is 0 Å². The Hall–Kier alpha value is -1.21. The van der Waals surface area contributed by atoms with E-state index in [0.717, 1.165) is 45.1 Å². The van der Waals surface area contributed by atoms with Crippen LogP contribution >= 0.6 is 12.2 Å². The van der Waals surface area contributed by atoms with Crippen molar-refractivity contribution in [2.75, 3.05) is 26.3 Å². The summed E-state index contributed by atoms with van der Waals surface area (Å²) in [6.45, 7) is 11.5. The maximum atomic E-state index is 14.0. The summed E-state index contributed by atoms with van der Waals surface area (Å²) in [7, 11) is 0. The quantitative estimate of drug-likeness (QED) is 0.411. The molecule has 34 heavy (non-hydrogen) atoms. The van der Waals surface area contributed by atoms with Crippen LogP contribution in [0.15, 0.2) is 0 Å². The predicted octanol–water partition coefficient (Wildman–Crippen LogP) is 4.27. The standard InChI is InChI=1S/C27H45N3O3S/c1-5-28-25(34)30(16-7-17-33-6-2)24(32)21-10-9-19-18-8-11-22-27(4,15-13-23(31)29-22)20(18)12-14-26(19,21)3/h18-22H,5-17H2,1-4H3,(H,28,34)(H,29,31)/t18-,19-,20-,21+,22+,26-,27+/m0/s1. The van der Waals surface area contributed by atoms with E-state index < -0.39 is 0 Å². The third-order valence-electron chi connectivity index (χ3n) is 10.1. The molecule has 7 heteroatoms. The number of fused-ring (bicyclic) bond motifs is 5. The number of rotatable bonds is 7. The second kappa shape index (κ2) is 10.4. The summed E-state index contributed by atoms with van der Waals surface area (Å²) in [5.74, 6) is 2.40. The zero-order valence-corrected chi connectivity index (χ0v) is 22.5. The van der Waals surface area contributed by atoms with Crippen LogP contribution in [0.5, 0.6) is 0 Å². The average molecular weight is 492 g/mol. The number of amides is 2. The molecule has 0 unspecified atom stereocenters. The first kappa shape index (κ1) is 25.9. The summed E-state index contributed by atoms with van der Waals surface area (Å²) >= 11 is 5.65. The highest BCUT2D eigenvalue weighted by molar-refractivity contribution is 7.80. The van der Waals surface area contributed by atoms with Gasteiger partial charge in [-0.3, -0.25) is 14.5 Å². The van der Waals surface area contributed by atoms with Gasteiger partial charge in [0.2, 0.25) is 11.8 Å². The van der Waals surface area contributed by atoms with E-state index in [1.165, 1.54) is 12.8 Å². The van der Waals surface area contributed by atoms with Gasteiger partial charge in [0.25, 0.3) is 0 Å². The molecule has 0 spiro atoms. The molecule has 0 aromatic heterocycles. The van der Waals surface area contributed by atoms with Gasteiger partial charge in [-0.15, -0.1) is 0 Å². The average Bonchev–Trinajstić information content (AvgIpc) is 3.16. The molecule has 4 aliphatic rings. The number of piperidine rings is 1. The maximum absolute atomic E-state index is 14.0. The Balaban J connectivity index is 1.50. The molecule has 0 bridgehead atoms.